The van der Waals surface area contributed by atoms with Crippen LogP contribution < -0.4 is 0 Å². The molecule has 1 unspecified atom stereocenters. The third-order valence-electron chi connectivity index (χ3n) is 1.70. The summed E-state index contributed by atoms with van der Waals surface area (Å²) >= 11 is 1.17. The molecule has 0 saturated carbocycles. The molecule has 0 heterocycles. The molecule has 0 radical (unpaired) electrons. The van der Waals surface area contributed by atoms with Gasteiger partial charge in [-0.3, -0.25) is 4.79 Å². The first-order valence-electron chi connectivity index (χ1n) is 4.57. The van der Waals surface area contributed by atoms with Gasteiger partial charge in [-0.15, -0.1) is 0 Å². The third kappa shape index (κ3) is 6.02. The molecule has 4 nitrogen and oxygen atoms in total. The molecule has 0 aliphatic carbocycles. The van der Waals surface area contributed by atoms with Crippen molar-refractivity contribution in [3.8, 4) is 6.07 Å². The highest BCUT2D eigenvalue weighted by molar-refractivity contribution is 8.04. The van der Waals surface area contributed by atoms with Gasteiger partial charge in [0.05, 0.1) is 12.7 Å². The summed E-state index contributed by atoms with van der Waals surface area (Å²) in [4.78, 5) is 10.4. The number of thioether (sulfide) groups is 1. The molecule has 84 valence electrons. The summed E-state index contributed by atoms with van der Waals surface area (Å²) in [5.41, 5.74) is 0. The van der Waals surface area contributed by atoms with Crippen molar-refractivity contribution in [1.82, 2.24) is 0 Å². The molecule has 0 aromatic heterocycles. The Balaban J connectivity index is 4.25. The lowest BCUT2D eigenvalue weighted by Gasteiger charge is -2.20. The molecule has 0 saturated heterocycles. The Bertz CT molecular complexity index is 285. The number of nitriles is 1. The Labute approximate surface area is 93.9 Å². The minimum absolute atomic E-state index is 0.0313. The van der Waals surface area contributed by atoms with Gasteiger partial charge in [-0.25, -0.2) is 0 Å². The normalized spacial score (nSPS) is 13.7. The van der Waals surface area contributed by atoms with Crippen LogP contribution in [0.1, 0.15) is 26.7 Å². The number of ether oxygens (including phenoxy) is 1. The molecular weight excluding hydrogens is 214 g/mol. The zero-order valence-electron chi connectivity index (χ0n) is 8.95. The summed E-state index contributed by atoms with van der Waals surface area (Å²) in [6.07, 6.45) is 0.242. The summed E-state index contributed by atoms with van der Waals surface area (Å²) in [5.74, 6) is -0.904. The van der Waals surface area contributed by atoms with Crippen LogP contribution in [-0.4, -0.2) is 22.4 Å². The average Bonchev–Trinajstić information content (AvgIpc) is 2.15. The van der Waals surface area contributed by atoms with Crippen molar-refractivity contribution in [3.63, 3.8) is 0 Å². The number of rotatable bonds is 7. The highest BCUT2D eigenvalue weighted by atomic mass is 32.2. The van der Waals surface area contributed by atoms with E-state index in [9.17, 15) is 4.79 Å². The Morgan fingerprint density at radius 3 is 2.73 bits per heavy atom. The number of hydrogen-bond acceptors (Lipinski definition) is 4. The first-order valence-corrected chi connectivity index (χ1v) is 5.39. The van der Waals surface area contributed by atoms with Crippen LogP contribution in [0, 0.1) is 11.3 Å². The molecule has 0 amide bonds. The van der Waals surface area contributed by atoms with Crippen molar-refractivity contribution < 1.29 is 14.6 Å². The first kappa shape index (κ1) is 13.8. The lowest BCUT2D eigenvalue weighted by molar-refractivity contribution is -0.137. The van der Waals surface area contributed by atoms with E-state index in [0.29, 0.717) is 11.7 Å². The van der Waals surface area contributed by atoms with Crippen molar-refractivity contribution in [3.05, 3.63) is 11.7 Å². The highest BCUT2D eigenvalue weighted by Crippen LogP contribution is 2.34. The SMILES string of the molecule is C=C(OCC)SC(C)(C#N)CCC(=O)O. The van der Waals surface area contributed by atoms with Crippen molar-refractivity contribution in [2.24, 2.45) is 0 Å². The minimum atomic E-state index is -0.904. The van der Waals surface area contributed by atoms with Gasteiger partial charge in [0.25, 0.3) is 0 Å². The van der Waals surface area contributed by atoms with Crippen LogP contribution >= 0.6 is 11.8 Å². The van der Waals surface area contributed by atoms with Gasteiger partial charge in [0.15, 0.2) is 0 Å². The summed E-state index contributed by atoms with van der Waals surface area (Å²) in [5, 5.41) is 17.9. The maximum Gasteiger partial charge on any atom is 0.303 e. The zero-order chi connectivity index (χ0) is 11.9. The van der Waals surface area contributed by atoms with E-state index in [2.05, 4.69) is 12.6 Å². The van der Waals surface area contributed by atoms with Gasteiger partial charge in [0.2, 0.25) is 0 Å². The molecule has 1 N–H and O–H groups in total. The van der Waals surface area contributed by atoms with E-state index in [0.717, 1.165) is 0 Å². The molecule has 0 fully saturated rings. The quantitative estimate of drug-likeness (QED) is 0.679. The molecule has 0 aromatic rings. The Morgan fingerprint density at radius 1 is 1.73 bits per heavy atom. The van der Waals surface area contributed by atoms with E-state index in [1.54, 1.807) is 6.92 Å². The second-order valence-electron chi connectivity index (χ2n) is 3.14. The Kier molecular flexibility index (Phi) is 5.87. The molecule has 0 bridgehead atoms. The number of nitrogens with zero attached hydrogens (tertiary/aromatic N) is 1. The summed E-state index contributed by atoms with van der Waals surface area (Å²) < 4.78 is 4.33. The molecule has 5 heteroatoms. The van der Waals surface area contributed by atoms with E-state index >= 15 is 0 Å². The van der Waals surface area contributed by atoms with Gasteiger partial charge in [0.1, 0.15) is 9.84 Å². The fourth-order valence-electron chi connectivity index (χ4n) is 0.917. The fraction of sp³-hybridized carbons (Fsp3) is 0.600. The second-order valence-corrected chi connectivity index (χ2v) is 4.70. The van der Waals surface area contributed by atoms with Crippen LogP contribution in [-0.2, 0) is 9.53 Å². The van der Waals surface area contributed by atoms with Crippen LogP contribution in [0.5, 0.6) is 0 Å². The highest BCUT2D eigenvalue weighted by Gasteiger charge is 2.27. The average molecular weight is 229 g/mol. The Hall–Kier alpha value is -1.15. The molecule has 0 aliphatic heterocycles. The molecule has 0 spiro atoms. The smallest absolute Gasteiger partial charge is 0.303 e. The van der Waals surface area contributed by atoms with Crippen LogP contribution in [0.4, 0.5) is 0 Å². The zero-order valence-corrected chi connectivity index (χ0v) is 9.76. The van der Waals surface area contributed by atoms with Crippen molar-refractivity contribution in [1.29, 1.82) is 5.26 Å². The van der Waals surface area contributed by atoms with E-state index in [1.807, 2.05) is 6.92 Å². The maximum atomic E-state index is 10.4. The van der Waals surface area contributed by atoms with Crippen LogP contribution in [0.2, 0.25) is 0 Å². The fourth-order valence-corrected chi connectivity index (χ4v) is 1.85. The number of carbonyl (C=O) groups is 1. The van der Waals surface area contributed by atoms with Crippen LogP contribution in [0.15, 0.2) is 11.7 Å². The van der Waals surface area contributed by atoms with Crippen molar-refractivity contribution in [2.75, 3.05) is 6.61 Å². The van der Waals surface area contributed by atoms with Gasteiger partial charge < -0.3 is 9.84 Å². The van der Waals surface area contributed by atoms with Gasteiger partial charge in [-0.2, -0.15) is 5.26 Å². The molecule has 15 heavy (non-hydrogen) atoms. The molecular formula is C10H15NO3S. The molecule has 0 rings (SSSR count). The van der Waals surface area contributed by atoms with Gasteiger partial charge in [-0.05, 0) is 26.8 Å². The Morgan fingerprint density at radius 2 is 2.33 bits per heavy atom. The van der Waals surface area contributed by atoms with Gasteiger partial charge in [0, 0.05) is 6.42 Å². The molecule has 1 atom stereocenters. The van der Waals surface area contributed by atoms with Gasteiger partial charge in [-0.1, -0.05) is 11.8 Å². The van der Waals surface area contributed by atoms with E-state index < -0.39 is 10.7 Å². The third-order valence-corrected chi connectivity index (χ3v) is 2.79. The lowest BCUT2D eigenvalue weighted by Crippen LogP contribution is -2.19. The standard InChI is InChI=1S/C10H15NO3S/c1-4-14-8(2)15-10(3,7-11)6-5-9(12)13/h2,4-6H2,1,3H3,(H,12,13). The summed E-state index contributed by atoms with van der Waals surface area (Å²) in [7, 11) is 0. The van der Waals surface area contributed by atoms with Crippen LogP contribution in [0.25, 0.3) is 0 Å². The predicted octanol–water partition coefficient (Wildman–Crippen LogP) is 2.37. The number of hydrogen-bond donors (Lipinski definition) is 1. The molecule has 0 aromatic carbocycles. The van der Waals surface area contributed by atoms with E-state index in [-0.39, 0.29) is 12.8 Å². The monoisotopic (exact) mass is 229 g/mol. The van der Waals surface area contributed by atoms with Crippen molar-refractivity contribution >= 4 is 17.7 Å². The predicted molar refractivity (Wildman–Crippen MR) is 59.2 cm³/mol. The topological polar surface area (TPSA) is 70.3 Å². The summed E-state index contributed by atoms with van der Waals surface area (Å²) in [6, 6.07) is 2.08. The first-order chi connectivity index (χ1) is 6.93. The second kappa shape index (κ2) is 6.36. The van der Waals surface area contributed by atoms with E-state index in [1.165, 1.54) is 11.8 Å². The number of aliphatic carboxylic acids is 1. The van der Waals surface area contributed by atoms with E-state index in [4.69, 9.17) is 15.1 Å². The largest absolute Gasteiger partial charge is 0.488 e. The number of carboxylic acid groups (broad SMARTS) is 1. The summed E-state index contributed by atoms with van der Waals surface area (Å²) in [6.45, 7) is 7.65. The van der Waals surface area contributed by atoms with Gasteiger partial charge >= 0.3 is 5.97 Å². The number of carboxylic acids is 1. The maximum absolute atomic E-state index is 10.4. The minimum Gasteiger partial charge on any atom is -0.488 e. The van der Waals surface area contributed by atoms with Crippen molar-refractivity contribution in [2.45, 2.75) is 31.4 Å². The van der Waals surface area contributed by atoms with Crippen LogP contribution in [0.3, 0.4) is 0 Å². The molecule has 0 aliphatic rings. The lowest BCUT2D eigenvalue weighted by atomic mass is 10.1.